The first kappa shape index (κ1) is 21.5. The van der Waals surface area contributed by atoms with E-state index in [9.17, 15) is 14.7 Å². The van der Waals surface area contributed by atoms with Gasteiger partial charge in [-0.3, -0.25) is 10.1 Å². The van der Waals surface area contributed by atoms with Crippen LogP contribution in [0, 0.1) is 5.41 Å². The molecule has 1 aliphatic heterocycles. The number of aromatic nitrogens is 2. The van der Waals surface area contributed by atoms with Crippen LogP contribution in [0.5, 0.6) is 5.75 Å². The maximum Gasteiger partial charge on any atom is 0.381 e. The van der Waals surface area contributed by atoms with Crippen LogP contribution in [0.1, 0.15) is 30.3 Å². The average molecular weight is 434 g/mol. The van der Waals surface area contributed by atoms with Gasteiger partial charge in [-0.15, -0.1) is 10.2 Å². The zero-order valence-electron chi connectivity index (χ0n) is 16.5. The number of aliphatic hydroxyl groups is 1. The number of aliphatic hydroxyl groups excluding tert-OH is 1. The van der Waals surface area contributed by atoms with E-state index in [4.69, 9.17) is 14.6 Å². The highest BCUT2D eigenvalue weighted by Crippen LogP contribution is 2.29. The minimum Gasteiger partial charge on any atom is -0.488 e. The van der Waals surface area contributed by atoms with Gasteiger partial charge in [0.1, 0.15) is 0 Å². The van der Waals surface area contributed by atoms with Gasteiger partial charge in [0.25, 0.3) is 5.91 Å². The van der Waals surface area contributed by atoms with Crippen molar-refractivity contribution in [3.63, 3.8) is 0 Å². The van der Waals surface area contributed by atoms with Crippen molar-refractivity contribution in [2.45, 2.75) is 25.9 Å². The van der Waals surface area contributed by atoms with Gasteiger partial charge in [-0.05, 0) is 25.8 Å². The minimum atomic E-state index is -0.765. The Morgan fingerprint density at radius 3 is 2.67 bits per heavy atom. The van der Waals surface area contributed by atoms with Crippen LogP contribution in [-0.4, -0.2) is 53.7 Å². The molecule has 1 aliphatic rings. The third-order valence-electron chi connectivity index (χ3n) is 4.40. The molecule has 11 nitrogen and oxygen atoms in total. The van der Waals surface area contributed by atoms with Crippen molar-refractivity contribution in [3.8, 4) is 5.75 Å². The summed E-state index contributed by atoms with van der Waals surface area (Å²) < 4.78 is 10.3. The molecule has 3 heterocycles. The largest absolute Gasteiger partial charge is 0.488 e. The van der Waals surface area contributed by atoms with Gasteiger partial charge in [0.15, 0.2) is 5.76 Å². The molecule has 0 atom stereocenters. The summed E-state index contributed by atoms with van der Waals surface area (Å²) in [6.07, 6.45) is 3.41. The number of rotatable bonds is 7. The van der Waals surface area contributed by atoms with Crippen molar-refractivity contribution < 1.29 is 19.1 Å². The highest BCUT2D eigenvalue weighted by molar-refractivity contribution is 7.19. The van der Waals surface area contributed by atoms with Crippen LogP contribution in [0.4, 0.5) is 16.0 Å². The molecule has 4 N–H and O–H groups in total. The molecule has 0 unspecified atom stereocenters. The molecule has 0 saturated carbocycles. The number of allylic oxidation sites excluding steroid dienone is 2. The number of anilines is 3. The number of nitrogens with zero attached hydrogens (tertiary/aromatic N) is 3. The monoisotopic (exact) mass is 434 g/mol. The highest BCUT2D eigenvalue weighted by atomic mass is 32.1. The first-order chi connectivity index (χ1) is 14.4. The molecule has 0 bridgehead atoms. The van der Waals surface area contributed by atoms with E-state index in [0.29, 0.717) is 42.4 Å². The van der Waals surface area contributed by atoms with E-state index >= 15 is 0 Å². The molecule has 1 saturated heterocycles. The predicted molar refractivity (Wildman–Crippen MR) is 113 cm³/mol. The summed E-state index contributed by atoms with van der Waals surface area (Å²) in [5, 5.41) is 30.7. The number of hydrogen-bond acceptors (Lipinski definition) is 11. The lowest BCUT2D eigenvalue weighted by Gasteiger charge is -2.31. The maximum atomic E-state index is 12.6. The fraction of sp³-hybridized carbons (Fsp3) is 0.389. The van der Waals surface area contributed by atoms with Crippen LogP contribution in [0.2, 0.25) is 0 Å². The molecule has 2 aromatic heterocycles. The Morgan fingerprint density at radius 2 is 2.03 bits per heavy atom. The third-order valence-corrected chi connectivity index (χ3v) is 5.16. The lowest BCUT2D eigenvalue weighted by Crippen LogP contribution is -2.36. The average Bonchev–Trinajstić information content (AvgIpc) is 3.14. The van der Waals surface area contributed by atoms with E-state index in [2.05, 4.69) is 20.8 Å². The maximum absolute atomic E-state index is 12.6. The van der Waals surface area contributed by atoms with Gasteiger partial charge in [-0.1, -0.05) is 11.3 Å². The van der Waals surface area contributed by atoms with Gasteiger partial charge in [-0.25, -0.2) is 4.79 Å². The molecule has 1 fully saturated rings. The van der Waals surface area contributed by atoms with Gasteiger partial charge in [0.2, 0.25) is 16.0 Å². The number of nitrogens with one attached hydrogen (secondary N) is 3. The van der Waals surface area contributed by atoms with Crippen molar-refractivity contribution >= 4 is 39.4 Å². The molecular weight excluding hydrogens is 412 g/mol. The number of piperidine rings is 1. The van der Waals surface area contributed by atoms with E-state index in [-0.39, 0.29) is 22.7 Å². The summed E-state index contributed by atoms with van der Waals surface area (Å²) in [4.78, 5) is 26.8. The zero-order chi connectivity index (χ0) is 21.7. The smallest absolute Gasteiger partial charge is 0.381 e. The van der Waals surface area contributed by atoms with Gasteiger partial charge < -0.3 is 29.9 Å². The minimum absolute atomic E-state index is 0.0128. The Hall–Kier alpha value is -3.25. The van der Waals surface area contributed by atoms with Gasteiger partial charge >= 0.3 is 5.63 Å². The summed E-state index contributed by atoms with van der Waals surface area (Å²) in [7, 11) is 1.36. The molecule has 12 heteroatoms. The molecule has 30 heavy (non-hydrogen) atoms. The predicted octanol–water partition coefficient (Wildman–Crippen LogP) is 1.68. The second-order valence-corrected chi connectivity index (χ2v) is 7.52. The standard InChI is InChI=1S/C18H22N6O5S/c1-10(3-6-19)20-17-22-23-18(30-17)21-15(26)13-9-12(14(28-2)16(27)29-13)24-7-4-11(25)5-8-24/h3,6,9,11,19,25H,4-5,7-8H2,1-2H3,(H,20,22)(H,21,23,26)/b10-3-,19-6?. The molecule has 0 aliphatic carbocycles. The molecule has 3 rings (SSSR count). The number of carbonyl (C=O) groups excluding carboxylic acids is 1. The molecule has 0 radical (unpaired) electrons. The van der Waals surface area contributed by atoms with Crippen molar-refractivity contribution in [2.75, 3.05) is 35.7 Å². The third kappa shape index (κ3) is 5.02. The first-order valence-corrected chi connectivity index (χ1v) is 9.97. The van der Waals surface area contributed by atoms with Crippen molar-refractivity contribution in [1.82, 2.24) is 10.2 Å². The van der Waals surface area contributed by atoms with E-state index in [1.165, 1.54) is 13.2 Å². The van der Waals surface area contributed by atoms with Crippen LogP contribution in [-0.2, 0) is 0 Å². The normalized spacial score (nSPS) is 15.0. The van der Waals surface area contributed by atoms with Crippen LogP contribution >= 0.6 is 11.3 Å². The fourth-order valence-corrected chi connectivity index (χ4v) is 3.63. The van der Waals surface area contributed by atoms with Crippen LogP contribution < -0.4 is 25.9 Å². The molecular formula is C18H22N6O5S. The van der Waals surface area contributed by atoms with E-state index in [0.717, 1.165) is 17.6 Å². The quantitative estimate of drug-likeness (QED) is 0.477. The van der Waals surface area contributed by atoms with Gasteiger partial charge in [0.05, 0.1) is 18.9 Å². The Morgan fingerprint density at radius 1 is 1.37 bits per heavy atom. The molecule has 160 valence electrons. The van der Waals surface area contributed by atoms with Gasteiger partial charge in [-0.2, -0.15) is 0 Å². The number of carbonyl (C=O) groups is 1. The SMILES string of the molecule is COc1c(N2CCC(O)CC2)cc(C(=O)Nc2nnc(N/C(C)=C\C=N)s2)oc1=O. The fourth-order valence-electron chi connectivity index (χ4n) is 2.93. The highest BCUT2D eigenvalue weighted by Gasteiger charge is 2.25. The lowest BCUT2D eigenvalue weighted by atomic mass is 10.1. The Bertz CT molecular complexity index is 1010. The molecule has 1 amide bonds. The molecule has 2 aromatic rings. The topological polar surface area (TPSA) is 154 Å². The van der Waals surface area contributed by atoms with Crippen molar-refractivity contribution in [2.24, 2.45) is 0 Å². The Balaban J connectivity index is 1.79. The van der Waals surface area contributed by atoms with Crippen LogP contribution in [0.25, 0.3) is 0 Å². The molecule has 0 aromatic carbocycles. The van der Waals surface area contributed by atoms with Crippen LogP contribution in [0.15, 0.2) is 27.1 Å². The Kier molecular flexibility index (Phi) is 6.79. The van der Waals surface area contributed by atoms with Crippen molar-refractivity contribution in [1.29, 1.82) is 5.41 Å². The second-order valence-electron chi connectivity index (χ2n) is 6.54. The molecule has 0 spiro atoms. The summed E-state index contributed by atoms with van der Waals surface area (Å²) in [5.41, 5.74) is 0.368. The summed E-state index contributed by atoms with van der Waals surface area (Å²) in [6.45, 7) is 2.81. The Labute approximate surface area is 175 Å². The van der Waals surface area contributed by atoms with Gasteiger partial charge in [0, 0.05) is 31.1 Å². The number of ether oxygens (including phenoxy) is 1. The number of methoxy groups -OCH3 is 1. The van der Waals surface area contributed by atoms with Crippen LogP contribution in [0.3, 0.4) is 0 Å². The second kappa shape index (κ2) is 9.50. The van der Waals surface area contributed by atoms with E-state index in [1.54, 1.807) is 13.0 Å². The number of amides is 1. The summed E-state index contributed by atoms with van der Waals surface area (Å²) in [6, 6.07) is 1.45. The summed E-state index contributed by atoms with van der Waals surface area (Å²) in [5.74, 6) is -0.826. The van der Waals surface area contributed by atoms with E-state index < -0.39 is 11.5 Å². The first-order valence-electron chi connectivity index (χ1n) is 9.15. The zero-order valence-corrected chi connectivity index (χ0v) is 17.3. The lowest BCUT2D eigenvalue weighted by molar-refractivity contribution is 0.0991. The number of hydrogen-bond donors (Lipinski definition) is 4. The summed E-state index contributed by atoms with van der Waals surface area (Å²) >= 11 is 1.09. The van der Waals surface area contributed by atoms with Crippen molar-refractivity contribution in [3.05, 3.63) is 34.0 Å². The van der Waals surface area contributed by atoms with E-state index in [1.807, 2.05) is 4.90 Å².